The fraction of sp³-hybridized carbons (Fsp3) is 0.200. The summed E-state index contributed by atoms with van der Waals surface area (Å²) in [5, 5.41) is 5.43. The molecule has 4 nitrogen and oxygen atoms in total. The molecule has 3 aromatic rings. The molecule has 1 aliphatic rings. The predicted octanol–water partition coefficient (Wildman–Crippen LogP) is 2.49. The highest BCUT2D eigenvalue weighted by Crippen LogP contribution is 2.32. The summed E-state index contributed by atoms with van der Waals surface area (Å²) in [7, 11) is 1.93. The Kier molecular flexibility index (Phi) is 2.12. The molecule has 4 rings (SSSR count). The molecule has 19 heavy (non-hydrogen) atoms. The van der Waals surface area contributed by atoms with Gasteiger partial charge in [-0.15, -0.1) is 0 Å². The Labute approximate surface area is 111 Å². The number of hydrogen-bond acceptors (Lipinski definition) is 3. The lowest BCUT2D eigenvalue weighted by molar-refractivity contribution is 0.786. The SMILES string of the molecule is Cn1ncc2c(N3Cc4ccccc4C3)ccnc21. The van der Waals surface area contributed by atoms with Gasteiger partial charge in [0.1, 0.15) is 0 Å². The zero-order valence-corrected chi connectivity index (χ0v) is 10.7. The lowest BCUT2D eigenvalue weighted by Crippen LogP contribution is -2.14. The second-order valence-corrected chi connectivity index (χ2v) is 4.96. The van der Waals surface area contributed by atoms with Crippen molar-refractivity contribution in [3.63, 3.8) is 0 Å². The molecule has 0 amide bonds. The largest absolute Gasteiger partial charge is 0.362 e. The summed E-state index contributed by atoms with van der Waals surface area (Å²) >= 11 is 0. The van der Waals surface area contributed by atoms with Crippen LogP contribution in [0.15, 0.2) is 42.7 Å². The van der Waals surface area contributed by atoms with E-state index in [1.807, 2.05) is 24.1 Å². The van der Waals surface area contributed by atoms with Crippen LogP contribution in [-0.2, 0) is 20.1 Å². The van der Waals surface area contributed by atoms with E-state index in [2.05, 4.69) is 45.3 Å². The normalized spacial score (nSPS) is 14.1. The third-order valence-corrected chi connectivity index (χ3v) is 3.79. The Bertz CT molecular complexity index is 735. The number of hydrogen-bond donors (Lipinski definition) is 0. The molecule has 0 radical (unpaired) electrons. The van der Waals surface area contributed by atoms with E-state index in [1.165, 1.54) is 16.8 Å². The highest BCUT2D eigenvalue weighted by Gasteiger charge is 2.20. The van der Waals surface area contributed by atoms with E-state index >= 15 is 0 Å². The van der Waals surface area contributed by atoms with Gasteiger partial charge in [0, 0.05) is 26.3 Å². The maximum Gasteiger partial charge on any atom is 0.159 e. The summed E-state index contributed by atoms with van der Waals surface area (Å²) in [4.78, 5) is 6.78. The lowest BCUT2D eigenvalue weighted by atomic mass is 10.1. The summed E-state index contributed by atoms with van der Waals surface area (Å²) in [6.45, 7) is 1.92. The number of benzene rings is 1. The first-order valence-corrected chi connectivity index (χ1v) is 6.41. The van der Waals surface area contributed by atoms with Crippen LogP contribution < -0.4 is 4.90 Å². The minimum Gasteiger partial charge on any atom is -0.362 e. The Morgan fingerprint density at radius 3 is 2.53 bits per heavy atom. The van der Waals surface area contributed by atoms with Gasteiger partial charge in [-0.05, 0) is 17.2 Å². The van der Waals surface area contributed by atoms with Crippen LogP contribution in [0.1, 0.15) is 11.1 Å². The van der Waals surface area contributed by atoms with E-state index in [-0.39, 0.29) is 0 Å². The first-order valence-electron chi connectivity index (χ1n) is 6.41. The summed E-state index contributed by atoms with van der Waals surface area (Å²) in [6.07, 6.45) is 3.77. The van der Waals surface area contributed by atoms with Crippen LogP contribution in [-0.4, -0.2) is 14.8 Å². The molecule has 0 saturated heterocycles. The molecule has 0 atom stereocenters. The number of aryl methyl sites for hydroxylation is 1. The van der Waals surface area contributed by atoms with Gasteiger partial charge >= 0.3 is 0 Å². The highest BCUT2D eigenvalue weighted by atomic mass is 15.3. The monoisotopic (exact) mass is 250 g/mol. The van der Waals surface area contributed by atoms with Crippen LogP contribution in [0.3, 0.4) is 0 Å². The van der Waals surface area contributed by atoms with E-state index in [0.717, 1.165) is 24.1 Å². The van der Waals surface area contributed by atoms with Crippen LogP contribution in [0.5, 0.6) is 0 Å². The quantitative estimate of drug-likeness (QED) is 0.665. The van der Waals surface area contributed by atoms with Crippen LogP contribution in [0.2, 0.25) is 0 Å². The maximum atomic E-state index is 4.40. The first kappa shape index (κ1) is 10.6. The Hall–Kier alpha value is -2.36. The van der Waals surface area contributed by atoms with E-state index in [4.69, 9.17) is 0 Å². The number of aromatic nitrogens is 3. The van der Waals surface area contributed by atoms with Gasteiger partial charge in [-0.25, -0.2) is 4.98 Å². The fourth-order valence-electron chi connectivity index (χ4n) is 2.81. The molecule has 0 unspecified atom stereocenters. The van der Waals surface area contributed by atoms with Gasteiger partial charge in [-0.3, -0.25) is 4.68 Å². The van der Waals surface area contributed by atoms with Gasteiger partial charge in [-0.1, -0.05) is 24.3 Å². The minimum absolute atomic E-state index is 0.938. The predicted molar refractivity (Wildman–Crippen MR) is 74.8 cm³/mol. The van der Waals surface area contributed by atoms with Gasteiger partial charge < -0.3 is 4.90 Å². The topological polar surface area (TPSA) is 34.0 Å². The van der Waals surface area contributed by atoms with Gasteiger partial charge in [0.2, 0.25) is 0 Å². The minimum atomic E-state index is 0.938. The summed E-state index contributed by atoms with van der Waals surface area (Å²) < 4.78 is 1.82. The van der Waals surface area contributed by atoms with Crippen molar-refractivity contribution in [1.82, 2.24) is 14.8 Å². The maximum absolute atomic E-state index is 4.40. The van der Waals surface area contributed by atoms with Gasteiger partial charge in [0.15, 0.2) is 5.65 Å². The number of rotatable bonds is 1. The van der Waals surface area contributed by atoms with Crippen LogP contribution >= 0.6 is 0 Å². The summed E-state index contributed by atoms with van der Waals surface area (Å²) in [6, 6.07) is 10.7. The Morgan fingerprint density at radius 1 is 1.05 bits per heavy atom. The molecule has 1 aromatic carbocycles. The van der Waals surface area contributed by atoms with Crippen LogP contribution in [0, 0.1) is 0 Å². The average Bonchev–Trinajstić information content (AvgIpc) is 3.03. The molecule has 0 spiro atoms. The molecule has 94 valence electrons. The van der Waals surface area contributed by atoms with E-state index in [0.29, 0.717) is 0 Å². The molecule has 3 heterocycles. The molecule has 0 saturated carbocycles. The fourth-order valence-corrected chi connectivity index (χ4v) is 2.81. The number of fused-ring (bicyclic) bond motifs is 2. The Balaban J connectivity index is 1.81. The van der Waals surface area contributed by atoms with Crippen LogP contribution in [0.4, 0.5) is 5.69 Å². The van der Waals surface area contributed by atoms with Gasteiger partial charge in [0.25, 0.3) is 0 Å². The molecule has 1 aliphatic heterocycles. The third-order valence-electron chi connectivity index (χ3n) is 3.79. The molecule has 0 bridgehead atoms. The molecular formula is C15H14N4. The second kappa shape index (κ2) is 3.82. The summed E-state index contributed by atoms with van der Waals surface area (Å²) in [5.41, 5.74) is 4.98. The van der Waals surface area contributed by atoms with Crippen molar-refractivity contribution in [2.45, 2.75) is 13.1 Å². The van der Waals surface area contributed by atoms with Crippen molar-refractivity contribution in [3.8, 4) is 0 Å². The Morgan fingerprint density at radius 2 is 1.79 bits per heavy atom. The standard InChI is InChI=1S/C15H14N4/c1-18-15-13(8-17-18)14(6-7-16-15)19-9-11-4-2-3-5-12(11)10-19/h2-8H,9-10H2,1H3. The third kappa shape index (κ3) is 1.53. The molecule has 0 fully saturated rings. The zero-order chi connectivity index (χ0) is 12.8. The molecular weight excluding hydrogens is 236 g/mol. The number of anilines is 1. The van der Waals surface area contributed by atoms with Crippen molar-refractivity contribution in [1.29, 1.82) is 0 Å². The van der Waals surface area contributed by atoms with E-state index < -0.39 is 0 Å². The van der Waals surface area contributed by atoms with E-state index in [1.54, 1.807) is 0 Å². The molecule has 0 N–H and O–H groups in total. The number of pyridine rings is 1. The first-order chi connectivity index (χ1) is 9.33. The smallest absolute Gasteiger partial charge is 0.159 e. The lowest BCUT2D eigenvalue weighted by Gasteiger charge is -2.18. The van der Waals surface area contributed by atoms with Crippen molar-refractivity contribution < 1.29 is 0 Å². The number of nitrogens with zero attached hydrogens (tertiary/aromatic N) is 4. The van der Waals surface area contributed by atoms with E-state index in [9.17, 15) is 0 Å². The van der Waals surface area contributed by atoms with Crippen molar-refractivity contribution in [2.75, 3.05) is 4.90 Å². The van der Waals surface area contributed by atoms with Gasteiger partial charge in [-0.2, -0.15) is 5.10 Å². The second-order valence-electron chi connectivity index (χ2n) is 4.96. The van der Waals surface area contributed by atoms with Crippen molar-refractivity contribution in [3.05, 3.63) is 53.9 Å². The van der Waals surface area contributed by atoms with Gasteiger partial charge in [0.05, 0.1) is 17.3 Å². The molecule has 0 aliphatic carbocycles. The van der Waals surface area contributed by atoms with Crippen molar-refractivity contribution >= 4 is 16.7 Å². The zero-order valence-electron chi connectivity index (χ0n) is 10.7. The molecule has 4 heteroatoms. The van der Waals surface area contributed by atoms with Crippen molar-refractivity contribution in [2.24, 2.45) is 7.05 Å². The summed E-state index contributed by atoms with van der Waals surface area (Å²) in [5.74, 6) is 0. The van der Waals surface area contributed by atoms with Crippen LogP contribution in [0.25, 0.3) is 11.0 Å². The molecule has 2 aromatic heterocycles. The highest BCUT2D eigenvalue weighted by molar-refractivity contribution is 5.89. The average molecular weight is 250 g/mol.